The molecule has 1 fully saturated rings. The van der Waals surface area contributed by atoms with E-state index in [4.69, 9.17) is 0 Å². The molecule has 1 atom stereocenters. The maximum Gasteiger partial charge on any atom is 0.411 e. The van der Waals surface area contributed by atoms with Crippen molar-refractivity contribution in [3.63, 3.8) is 0 Å². The normalized spacial score (nSPS) is 20.0. The molecule has 1 amide bonds. The lowest BCUT2D eigenvalue weighted by Gasteiger charge is -2.36. The molecule has 1 saturated heterocycles. The molecule has 2 aliphatic rings. The minimum Gasteiger partial charge on any atom is -0.465 e. The van der Waals surface area contributed by atoms with E-state index in [0.717, 1.165) is 30.6 Å². The number of rotatable bonds is 3. The van der Waals surface area contributed by atoms with Crippen LogP contribution >= 0.6 is 0 Å². The van der Waals surface area contributed by atoms with E-state index in [1.165, 1.54) is 10.5 Å². The third-order valence-corrected chi connectivity index (χ3v) is 4.73. The number of nitrogens with zero attached hydrogens (tertiary/aromatic N) is 4. The minimum atomic E-state index is -0.893. The summed E-state index contributed by atoms with van der Waals surface area (Å²) in [6.07, 6.45) is 6.83. The van der Waals surface area contributed by atoms with Crippen LogP contribution in [-0.4, -0.2) is 49.9 Å². The maximum atomic E-state index is 11.4. The molecule has 1 N–H and O–H groups in total. The zero-order valence-corrected chi connectivity index (χ0v) is 13.4. The van der Waals surface area contributed by atoms with Crippen molar-refractivity contribution in [1.82, 2.24) is 19.6 Å². The van der Waals surface area contributed by atoms with E-state index in [9.17, 15) is 9.90 Å². The molecule has 4 rings (SSSR count). The standard InChI is InChI=1S/C18H20N4O2/c23-18(24)20-12-16-7-4-8-22(16)17(13-20)15-9-19-21(11-15)10-14-5-2-1-3-6-14/h1-3,5-6,9,11,13,16H,4,7-8,10,12H2,(H,23,24). The summed E-state index contributed by atoms with van der Waals surface area (Å²) < 4.78 is 1.90. The molecule has 24 heavy (non-hydrogen) atoms. The smallest absolute Gasteiger partial charge is 0.411 e. The monoisotopic (exact) mass is 324 g/mol. The summed E-state index contributed by atoms with van der Waals surface area (Å²) in [6.45, 7) is 2.24. The van der Waals surface area contributed by atoms with Crippen molar-refractivity contribution in [2.45, 2.75) is 25.4 Å². The summed E-state index contributed by atoms with van der Waals surface area (Å²) >= 11 is 0. The van der Waals surface area contributed by atoms with E-state index in [-0.39, 0.29) is 6.04 Å². The number of aromatic nitrogens is 2. The van der Waals surface area contributed by atoms with Gasteiger partial charge in [0, 0.05) is 37.1 Å². The van der Waals surface area contributed by atoms with Gasteiger partial charge in [-0.05, 0) is 18.4 Å². The van der Waals surface area contributed by atoms with Crippen LogP contribution in [0.5, 0.6) is 0 Å². The SMILES string of the molecule is O=C(O)N1C=C(c2cnn(Cc3ccccc3)c2)N2CCCC2C1. The zero-order valence-electron chi connectivity index (χ0n) is 13.4. The van der Waals surface area contributed by atoms with Crippen LogP contribution < -0.4 is 0 Å². The second-order valence-corrected chi connectivity index (χ2v) is 6.35. The van der Waals surface area contributed by atoms with Gasteiger partial charge in [0.25, 0.3) is 0 Å². The highest BCUT2D eigenvalue weighted by molar-refractivity contribution is 5.73. The van der Waals surface area contributed by atoms with Crippen molar-refractivity contribution in [2.24, 2.45) is 0 Å². The molecule has 2 aromatic rings. The number of fused-ring (bicyclic) bond motifs is 1. The Morgan fingerprint density at radius 3 is 2.92 bits per heavy atom. The van der Waals surface area contributed by atoms with Crippen LogP contribution in [0.3, 0.4) is 0 Å². The van der Waals surface area contributed by atoms with Gasteiger partial charge in [0.05, 0.1) is 18.4 Å². The van der Waals surface area contributed by atoms with Crippen LogP contribution in [0, 0.1) is 0 Å². The molecule has 1 unspecified atom stereocenters. The van der Waals surface area contributed by atoms with E-state index in [2.05, 4.69) is 22.1 Å². The average molecular weight is 324 g/mol. The highest BCUT2D eigenvalue weighted by Gasteiger charge is 2.34. The molecule has 6 nitrogen and oxygen atoms in total. The van der Waals surface area contributed by atoms with Crippen LogP contribution in [0.1, 0.15) is 24.0 Å². The molecule has 0 spiro atoms. The fourth-order valence-electron chi connectivity index (χ4n) is 3.57. The van der Waals surface area contributed by atoms with Crippen molar-refractivity contribution < 1.29 is 9.90 Å². The summed E-state index contributed by atoms with van der Waals surface area (Å²) in [7, 11) is 0. The number of hydrogen-bond donors (Lipinski definition) is 1. The van der Waals surface area contributed by atoms with Crippen molar-refractivity contribution in [3.05, 3.63) is 60.1 Å². The number of hydrogen-bond acceptors (Lipinski definition) is 3. The largest absolute Gasteiger partial charge is 0.465 e. The summed E-state index contributed by atoms with van der Waals surface area (Å²) in [5.74, 6) is 0. The van der Waals surface area contributed by atoms with E-state index < -0.39 is 6.09 Å². The van der Waals surface area contributed by atoms with Crippen molar-refractivity contribution in [2.75, 3.05) is 13.1 Å². The molecule has 0 saturated carbocycles. The highest BCUT2D eigenvalue weighted by Crippen LogP contribution is 2.32. The van der Waals surface area contributed by atoms with Gasteiger partial charge < -0.3 is 10.0 Å². The molecular formula is C18H20N4O2. The fourth-order valence-corrected chi connectivity index (χ4v) is 3.57. The van der Waals surface area contributed by atoms with E-state index >= 15 is 0 Å². The fraction of sp³-hybridized carbons (Fsp3) is 0.333. The van der Waals surface area contributed by atoms with E-state index in [1.54, 1.807) is 6.20 Å². The number of carbonyl (C=O) groups is 1. The quantitative estimate of drug-likeness (QED) is 0.943. The van der Waals surface area contributed by atoms with E-state index in [1.807, 2.05) is 35.3 Å². The summed E-state index contributed by atoms with van der Waals surface area (Å²) in [5, 5.41) is 13.8. The van der Waals surface area contributed by atoms with Gasteiger partial charge in [0.15, 0.2) is 0 Å². The van der Waals surface area contributed by atoms with Crippen LogP contribution in [0.25, 0.3) is 5.70 Å². The van der Waals surface area contributed by atoms with Gasteiger partial charge in [-0.1, -0.05) is 30.3 Å². The Morgan fingerprint density at radius 1 is 1.29 bits per heavy atom. The second kappa shape index (κ2) is 6.03. The Labute approximate surface area is 140 Å². The Balaban J connectivity index is 1.61. The summed E-state index contributed by atoms with van der Waals surface area (Å²) in [6, 6.07) is 10.5. The summed E-state index contributed by atoms with van der Waals surface area (Å²) in [4.78, 5) is 15.1. The molecule has 0 aliphatic carbocycles. The Hall–Kier alpha value is -2.76. The molecule has 0 radical (unpaired) electrons. The van der Waals surface area contributed by atoms with Crippen molar-refractivity contribution in [3.8, 4) is 0 Å². The molecular weight excluding hydrogens is 304 g/mol. The molecule has 1 aromatic heterocycles. The molecule has 6 heteroatoms. The lowest BCUT2D eigenvalue weighted by atomic mass is 10.1. The first-order chi connectivity index (χ1) is 11.7. The van der Waals surface area contributed by atoms with Gasteiger partial charge in [-0.15, -0.1) is 0 Å². The van der Waals surface area contributed by atoms with Crippen LogP contribution in [0.4, 0.5) is 4.79 Å². The lowest BCUT2D eigenvalue weighted by molar-refractivity contribution is 0.148. The molecule has 124 valence electrons. The van der Waals surface area contributed by atoms with Crippen LogP contribution in [-0.2, 0) is 6.54 Å². The number of benzene rings is 1. The third-order valence-electron chi connectivity index (χ3n) is 4.73. The second-order valence-electron chi connectivity index (χ2n) is 6.35. The van der Waals surface area contributed by atoms with Gasteiger partial charge >= 0.3 is 6.09 Å². The Morgan fingerprint density at radius 2 is 2.12 bits per heavy atom. The van der Waals surface area contributed by atoms with Crippen LogP contribution in [0.15, 0.2) is 48.9 Å². The highest BCUT2D eigenvalue weighted by atomic mass is 16.4. The predicted molar refractivity (Wildman–Crippen MR) is 90.2 cm³/mol. The molecule has 2 aliphatic heterocycles. The third kappa shape index (κ3) is 2.75. The first-order valence-electron chi connectivity index (χ1n) is 8.25. The van der Waals surface area contributed by atoms with Crippen molar-refractivity contribution >= 4 is 11.8 Å². The first kappa shape index (κ1) is 14.8. The van der Waals surface area contributed by atoms with Gasteiger partial charge in [0.2, 0.25) is 0 Å². The maximum absolute atomic E-state index is 11.4. The van der Waals surface area contributed by atoms with Gasteiger partial charge in [-0.25, -0.2) is 4.79 Å². The van der Waals surface area contributed by atoms with Gasteiger partial charge in [0.1, 0.15) is 0 Å². The summed E-state index contributed by atoms with van der Waals surface area (Å²) in [5.41, 5.74) is 3.13. The lowest BCUT2D eigenvalue weighted by Crippen LogP contribution is -2.44. The van der Waals surface area contributed by atoms with Gasteiger partial charge in [-0.3, -0.25) is 9.58 Å². The predicted octanol–water partition coefficient (Wildman–Crippen LogP) is 2.69. The van der Waals surface area contributed by atoms with Crippen LogP contribution in [0.2, 0.25) is 0 Å². The topological polar surface area (TPSA) is 61.6 Å². The number of amides is 1. The Bertz CT molecular complexity index is 768. The van der Waals surface area contributed by atoms with Crippen molar-refractivity contribution in [1.29, 1.82) is 0 Å². The minimum absolute atomic E-state index is 0.276. The number of carboxylic acid groups (broad SMARTS) is 1. The molecule has 3 heterocycles. The molecule has 0 bridgehead atoms. The van der Waals surface area contributed by atoms with E-state index in [0.29, 0.717) is 13.1 Å². The average Bonchev–Trinajstić information content (AvgIpc) is 3.23. The Kier molecular flexibility index (Phi) is 3.72. The zero-order chi connectivity index (χ0) is 16.5. The van der Waals surface area contributed by atoms with Gasteiger partial charge in [-0.2, -0.15) is 5.10 Å². The molecule has 1 aromatic carbocycles. The first-order valence-corrected chi connectivity index (χ1v) is 8.25.